The molecule has 172 valence electrons. The number of hydroxylamine groups is 1. The van der Waals surface area contributed by atoms with Crippen molar-refractivity contribution >= 4 is 27.7 Å². The van der Waals surface area contributed by atoms with E-state index in [1.54, 1.807) is 6.07 Å². The number of nitrogens with zero attached hydrogens (tertiary/aromatic N) is 3. The smallest absolute Gasteiger partial charge is 0.257 e. The summed E-state index contributed by atoms with van der Waals surface area (Å²) in [7, 11) is 1.44. The van der Waals surface area contributed by atoms with Crippen LogP contribution in [0.5, 0.6) is 5.75 Å². The van der Waals surface area contributed by atoms with E-state index >= 15 is 0 Å². The van der Waals surface area contributed by atoms with Gasteiger partial charge in [-0.1, -0.05) is 13.0 Å². The van der Waals surface area contributed by atoms with E-state index < -0.39 is 0 Å². The zero-order valence-electron chi connectivity index (χ0n) is 18.3. The van der Waals surface area contributed by atoms with Crippen molar-refractivity contribution in [3.05, 3.63) is 28.2 Å². The second-order valence-corrected chi connectivity index (χ2v) is 9.34. The second-order valence-electron chi connectivity index (χ2n) is 8.49. The number of nitrogens with one attached hydrogen (secondary N) is 1. The average molecular weight is 497 g/mol. The van der Waals surface area contributed by atoms with Crippen LogP contribution >= 0.6 is 15.9 Å². The minimum atomic E-state index is -0.114. The van der Waals surface area contributed by atoms with Gasteiger partial charge in [0.1, 0.15) is 5.75 Å². The first-order valence-corrected chi connectivity index (χ1v) is 11.7. The van der Waals surface area contributed by atoms with Crippen molar-refractivity contribution in [1.29, 1.82) is 0 Å². The van der Waals surface area contributed by atoms with Gasteiger partial charge in [-0.05, 0) is 52.9 Å². The number of hydrogen-bond acceptors (Lipinski definition) is 6. The Bertz CT molecular complexity index is 762. The summed E-state index contributed by atoms with van der Waals surface area (Å²) in [5, 5.41) is 9.65. The van der Waals surface area contributed by atoms with Crippen molar-refractivity contribution in [1.82, 2.24) is 20.2 Å². The Labute approximate surface area is 192 Å². The molecule has 0 spiro atoms. The molecule has 1 aromatic carbocycles. The molecule has 2 heterocycles. The van der Waals surface area contributed by atoms with Gasteiger partial charge in [0.15, 0.2) is 0 Å². The summed E-state index contributed by atoms with van der Waals surface area (Å²) in [6, 6.07) is 5.91. The Hall–Kier alpha value is -1.68. The monoisotopic (exact) mass is 496 g/mol. The quantitative estimate of drug-likeness (QED) is 0.558. The fourth-order valence-corrected chi connectivity index (χ4v) is 4.94. The maximum Gasteiger partial charge on any atom is 0.257 e. The Morgan fingerprint density at radius 2 is 1.87 bits per heavy atom. The highest BCUT2D eigenvalue weighted by Crippen LogP contribution is 2.26. The maximum absolute atomic E-state index is 12.9. The van der Waals surface area contributed by atoms with E-state index in [0.717, 1.165) is 57.7 Å². The number of piperazine rings is 1. The van der Waals surface area contributed by atoms with Gasteiger partial charge in [-0.15, -0.1) is 0 Å². The molecule has 2 N–H and O–H groups in total. The maximum atomic E-state index is 12.9. The van der Waals surface area contributed by atoms with E-state index in [2.05, 4.69) is 36.0 Å². The fourth-order valence-electron chi connectivity index (χ4n) is 4.52. The number of phenols is 1. The SMILES string of the molecule is CONC(=O)CN1CCN(C2CCN(C(=O)[C@H](C)Cc3ccc(O)c(Br)c3)CC2)CC1. The van der Waals surface area contributed by atoms with Crippen LogP contribution in [0.2, 0.25) is 0 Å². The van der Waals surface area contributed by atoms with Gasteiger partial charge in [-0.25, -0.2) is 5.48 Å². The highest BCUT2D eigenvalue weighted by atomic mass is 79.9. The molecule has 8 nitrogen and oxygen atoms in total. The first-order chi connectivity index (χ1) is 14.9. The van der Waals surface area contributed by atoms with Crippen LogP contribution in [0.4, 0.5) is 0 Å². The fraction of sp³-hybridized carbons (Fsp3) is 0.636. The summed E-state index contributed by atoms with van der Waals surface area (Å²) in [6.45, 7) is 7.58. The lowest BCUT2D eigenvalue weighted by molar-refractivity contribution is -0.136. The van der Waals surface area contributed by atoms with Crippen LogP contribution in [0.25, 0.3) is 0 Å². The van der Waals surface area contributed by atoms with Crippen molar-refractivity contribution in [3.8, 4) is 5.75 Å². The zero-order chi connectivity index (χ0) is 22.4. The lowest BCUT2D eigenvalue weighted by Gasteiger charge is -2.43. The molecule has 0 aliphatic carbocycles. The van der Waals surface area contributed by atoms with Gasteiger partial charge in [-0.3, -0.25) is 24.2 Å². The van der Waals surface area contributed by atoms with Gasteiger partial charge < -0.3 is 10.0 Å². The van der Waals surface area contributed by atoms with Crippen LogP contribution in [-0.4, -0.2) is 90.6 Å². The number of benzene rings is 1. The minimum absolute atomic E-state index is 0.0882. The Morgan fingerprint density at radius 3 is 2.48 bits per heavy atom. The third-order valence-electron chi connectivity index (χ3n) is 6.26. The predicted molar refractivity (Wildman–Crippen MR) is 121 cm³/mol. The first-order valence-electron chi connectivity index (χ1n) is 10.9. The van der Waals surface area contributed by atoms with Crippen molar-refractivity contribution < 1.29 is 19.5 Å². The Morgan fingerprint density at radius 1 is 1.19 bits per heavy atom. The molecule has 2 fully saturated rings. The van der Waals surface area contributed by atoms with E-state index in [9.17, 15) is 14.7 Å². The molecular formula is C22H33BrN4O4. The summed E-state index contributed by atoms with van der Waals surface area (Å²) in [5.41, 5.74) is 3.41. The average Bonchev–Trinajstić information content (AvgIpc) is 2.76. The topological polar surface area (TPSA) is 85.4 Å². The van der Waals surface area contributed by atoms with Gasteiger partial charge in [-0.2, -0.15) is 0 Å². The Kier molecular flexibility index (Phi) is 8.71. The zero-order valence-corrected chi connectivity index (χ0v) is 19.9. The third kappa shape index (κ3) is 6.65. The molecule has 0 radical (unpaired) electrons. The molecule has 2 saturated heterocycles. The molecule has 2 aliphatic heterocycles. The van der Waals surface area contributed by atoms with E-state index in [1.807, 2.05) is 24.0 Å². The van der Waals surface area contributed by atoms with Gasteiger partial charge in [0.05, 0.1) is 18.1 Å². The standard InChI is InChI=1S/C22H33BrN4O4/c1-16(13-17-3-4-20(28)19(23)14-17)22(30)27-7-5-18(6-8-27)26-11-9-25(10-12-26)15-21(29)24-31-2/h3-4,14,16,18,28H,5-13,15H2,1-2H3,(H,24,29)/t16-/m1/s1. The van der Waals surface area contributed by atoms with Gasteiger partial charge in [0.2, 0.25) is 5.91 Å². The molecular weight excluding hydrogens is 464 g/mol. The van der Waals surface area contributed by atoms with Crippen LogP contribution in [-0.2, 0) is 20.8 Å². The lowest BCUT2D eigenvalue weighted by Crippen LogP contribution is -2.55. The van der Waals surface area contributed by atoms with E-state index in [0.29, 0.717) is 23.5 Å². The molecule has 0 bridgehead atoms. The number of carbonyl (C=O) groups excluding carboxylic acids is 2. The van der Waals surface area contributed by atoms with Crippen molar-refractivity contribution in [2.75, 3.05) is 52.9 Å². The molecule has 0 unspecified atom stereocenters. The van der Waals surface area contributed by atoms with Crippen molar-refractivity contribution in [2.24, 2.45) is 5.92 Å². The minimum Gasteiger partial charge on any atom is -0.507 e. The highest BCUT2D eigenvalue weighted by Gasteiger charge is 2.30. The van der Waals surface area contributed by atoms with Crippen LogP contribution in [0, 0.1) is 5.92 Å². The van der Waals surface area contributed by atoms with Crippen LogP contribution < -0.4 is 5.48 Å². The van der Waals surface area contributed by atoms with Crippen molar-refractivity contribution in [2.45, 2.75) is 32.2 Å². The van der Waals surface area contributed by atoms with E-state index in [4.69, 9.17) is 0 Å². The number of carbonyl (C=O) groups is 2. The number of aromatic hydroxyl groups is 1. The summed E-state index contributed by atoms with van der Waals surface area (Å²) >= 11 is 3.34. The van der Waals surface area contributed by atoms with E-state index in [-0.39, 0.29) is 23.5 Å². The number of rotatable bonds is 7. The summed E-state index contributed by atoms with van der Waals surface area (Å²) in [5.74, 6) is 0.215. The summed E-state index contributed by atoms with van der Waals surface area (Å²) in [4.78, 5) is 35.9. The molecule has 0 saturated carbocycles. The van der Waals surface area contributed by atoms with Gasteiger partial charge >= 0.3 is 0 Å². The number of phenolic OH excluding ortho intramolecular Hbond substituents is 1. The summed E-state index contributed by atoms with van der Waals surface area (Å²) < 4.78 is 0.657. The molecule has 1 atom stereocenters. The molecule has 9 heteroatoms. The summed E-state index contributed by atoms with van der Waals surface area (Å²) in [6.07, 6.45) is 2.65. The highest BCUT2D eigenvalue weighted by molar-refractivity contribution is 9.10. The molecule has 2 aliphatic rings. The number of hydrogen-bond donors (Lipinski definition) is 2. The van der Waals surface area contributed by atoms with Crippen LogP contribution in [0.15, 0.2) is 22.7 Å². The predicted octanol–water partition coefficient (Wildman–Crippen LogP) is 1.62. The molecule has 1 aromatic rings. The second kappa shape index (κ2) is 11.3. The lowest BCUT2D eigenvalue weighted by atomic mass is 9.97. The molecule has 2 amide bonds. The first kappa shape index (κ1) is 24.0. The number of amides is 2. The third-order valence-corrected chi connectivity index (χ3v) is 6.89. The van der Waals surface area contributed by atoms with Gasteiger partial charge in [0, 0.05) is 51.2 Å². The van der Waals surface area contributed by atoms with Crippen LogP contribution in [0.1, 0.15) is 25.3 Å². The Balaban J connectivity index is 1.41. The van der Waals surface area contributed by atoms with Crippen molar-refractivity contribution in [3.63, 3.8) is 0 Å². The largest absolute Gasteiger partial charge is 0.507 e. The number of halogens is 1. The number of piperidine rings is 1. The molecule has 3 rings (SSSR count). The normalized spacial score (nSPS) is 19.9. The van der Waals surface area contributed by atoms with Crippen LogP contribution in [0.3, 0.4) is 0 Å². The molecule has 0 aromatic heterocycles. The van der Waals surface area contributed by atoms with Gasteiger partial charge in [0.25, 0.3) is 5.91 Å². The number of likely N-dealkylation sites (tertiary alicyclic amines) is 1. The van der Waals surface area contributed by atoms with E-state index in [1.165, 1.54) is 7.11 Å². The molecule has 31 heavy (non-hydrogen) atoms.